The summed E-state index contributed by atoms with van der Waals surface area (Å²) < 4.78 is 37.6. The molecule has 0 spiro atoms. The first-order chi connectivity index (χ1) is 9.70. The lowest BCUT2D eigenvalue weighted by atomic mass is 10.2. The molecule has 21 heavy (non-hydrogen) atoms. The van der Waals surface area contributed by atoms with Crippen molar-refractivity contribution in [2.75, 3.05) is 5.32 Å². The summed E-state index contributed by atoms with van der Waals surface area (Å²) in [5.41, 5.74) is 0.619. The molecule has 0 unspecified atom stereocenters. The van der Waals surface area contributed by atoms with E-state index in [2.05, 4.69) is 10.4 Å². The van der Waals surface area contributed by atoms with E-state index in [1.54, 1.807) is 14.0 Å². The average molecular weight is 312 g/mol. The van der Waals surface area contributed by atoms with Crippen molar-refractivity contribution in [1.82, 2.24) is 9.78 Å². The molecule has 1 aromatic carbocycles. The second kappa shape index (κ2) is 5.26. The van der Waals surface area contributed by atoms with Crippen molar-refractivity contribution in [2.45, 2.75) is 11.8 Å². The Morgan fingerprint density at radius 3 is 2.62 bits per heavy atom. The van der Waals surface area contributed by atoms with Crippen molar-refractivity contribution >= 4 is 21.6 Å². The van der Waals surface area contributed by atoms with Crippen LogP contribution in [0.3, 0.4) is 0 Å². The monoisotopic (exact) mass is 312 g/mol. The van der Waals surface area contributed by atoms with Crippen LogP contribution in [0.5, 0.6) is 0 Å². The molecule has 0 fully saturated rings. The van der Waals surface area contributed by atoms with E-state index in [1.165, 1.54) is 10.9 Å². The average Bonchev–Trinajstić information content (AvgIpc) is 2.68. The highest BCUT2D eigenvalue weighted by Crippen LogP contribution is 2.22. The Morgan fingerprint density at radius 2 is 2.10 bits per heavy atom. The molecule has 0 saturated carbocycles. The first-order valence-corrected chi connectivity index (χ1v) is 7.37. The molecule has 3 N–H and O–H groups in total. The molecular formula is C12H13FN4O3S. The number of nitrogens with zero attached hydrogens (tertiary/aromatic N) is 2. The number of aryl methyl sites for hydroxylation is 1. The topological polar surface area (TPSA) is 107 Å². The lowest BCUT2D eigenvalue weighted by Crippen LogP contribution is -2.19. The van der Waals surface area contributed by atoms with E-state index in [4.69, 9.17) is 5.14 Å². The van der Waals surface area contributed by atoms with E-state index in [9.17, 15) is 17.6 Å². The van der Waals surface area contributed by atoms with E-state index >= 15 is 0 Å². The molecule has 112 valence electrons. The van der Waals surface area contributed by atoms with Gasteiger partial charge in [0.15, 0.2) is 0 Å². The van der Waals surface area contributed by atoms with Gasteiger partial charge >= 0.3 is 0 Å². The molecule has 9 heteroatoms. The highest BCUT2D eigenvalue weighted by molar-refractivity contribution is 7.89. The number of sulfonamides is 1. The van der Waals surface area contributed by atoms with Gasteiger partial charge in [-0.15, -0.1) is 0 Å². The summed E-state index contributed by atoms with van der Waals surface area (Å²) >= 11 is 0. The lowest BCUT2D eigenvalue weighted by Gasteiger charge is -2.09. The van der Waals surface area contributed by atoms with E-state index in [0.717, 1.165) is 18.2 Å². The SMILES string of the molecule is Cc1c(C(=O)Nc2cc(F)ccc2S(N)(=O)=O)cnn1C. The fraction of sp³-hybridized carbons (Fsp3) is 0.167. The summed E-state index contributed by atoms with van der Waals surface area (Å²) in [7, 11) is -2.43. The van der Waals surface area contributed by atoms with Crippen LogP contribution in [0.2, 0.25) is 0 Å². The maximum atomic E-state index is 13.3. The summed E-state index contributed by atoms with van der Waals surface area (Å²) in [4.78, 5) is 11.8. The fourth-order valence-corrected chi connectivity index (χ4v) is 2.43. The van der Waals surface area contributed by atoms with Crippen molar-refractivity contribution in [3.63, 3.8) is 0 Å². The molecule has 1 heterocycles. The maximum absolute atomic E-state index is 13.3. The number of aromatic nitrogens is 2. The first-order valence-electron chi connectivity index (χ1n) is 5.82. The summed E-state index contributed by atoms with van der Waals surface area (Å²) in [6.45, 7) is 1.67. The second-order valence-corrected chi connectivity index (χ2v) is 5.94. The van der Waals surface area contributed by atoms with Gasteiger partial charge in [-0.2, -0.15) is 5.10 Å². The zero-order valence-corrected chi connectivity index (χ0v) is 12.1. The van der Waals surface area contributed by atoms with Gasteiger partial charge in [0.25, 0.3) is 5.91 Å². The highest BCUT2D eigenvalue weighted by Gasteiger charge is 2.19. The zero-order chi connectivity index (χ0) is 15.8. The molecule has 0 aliphatic carbocycles. The van der Waals surface area contributed by atoms with Crippen LogP contribution in [0.15, 0.2) is 29.3 Å². The Labute approximate surface area is 120 Å². The van der Waals surface area contributed by atoms with Crippen LogP contribution in [-0.4, -0.2) is 24.1 Å². The zero-order valence-electron chi connectivity index (χ0n) is 11.3. The van der Waals surface area contributed by atoms with Crippen molar-refractivity contribution in [1.29, 1.82) is 0 Å². The normalized spacial score (nSPS) is 11.4. The third-order valence-electron chi connectivity index (χ3n) is 2.98. The minimum absolute atomic E-state index is 0.217. The number of nitrogens with two attached hydrogens (primary N) is 1. The van der Waals surface area contributed by atoms with Crippen LogP contribution in [-0.2, 0) is 17.1 Å². The largest absolute Gasteiger partial charge is 0.321 e. The first kappa shape index (κ1) is 15.1. The summed E-state index contributed by atoms with van der Waals surface area (Å²) in [6.07, 6.45) is 1.33. The predicted molar refractivity (Wildman–Crippen MR) is 73.7 cm³/mol. The van der Waals surface area contributed by atoms with Gasteiger partial charge in [0.05, 0.1) is 17.4 Å². The third kappa shape index (κ3) is 3.09. The Hall–Kier alpha value is -2.26. The molecule has 0 bridgehead atoms. The molecule has 0 atom stereocenters. The molecule has 7 nitrogen and oxygen atoms in total. The number of hydrogen-bond donors (Lipinski definition) is 2. The molecule has 0 aliphatic rings. The maximum Gasteiger partial charge on any atom is 0.259 e. The number of halogens is 1. The molecule has 2 rings (SSSR count). The van der Waals surface area contributed by atoms with E-state index in [-0.39, 0.29) is 16.1 Å². The Kier molecular flexibility index (Phi) is 3.79. The van der Waals surface area contributed by atoms with Gasteiger partial charge in [-0.1, -0.05) is 0 Å². The van der Waals surface area contributed by atoms with Crippen LogP contribution in [0.4, 0.5) is 10.1 Å². The van der Waals surface area contributed by atoms with Gasteiger partial charge in [0.1, 0.15) is 10.7 Å². The molecule has 1 aromatic heterocycles. The molecule has 2 aromatic rings. The minimum atomic E-state index is -4.09. The minimum Gasteiger partial charge on any atom is -0.321 e. The number of carbonyl (C=O) groups excluding carboxylic acids is 1. The van der Waals surface area contributed by atoms with E-state index in [1.807, 2.05) is 0 Å². The predicted octanol–water partition coefficient (Wildman–Crippen LogP) is 0.767. The van der Waals surface area contributed by atoms with Gasteiger partial charge in [0.2, 0.25) is 10.0 Å². The number of rotatable bonds is 3. The summed E-state index contributed by atoms with van der Waals surface area (Å²) in [5.74, 6) is -1.29. The molecule has 0 saturated heterocycles. The molecule has 1 amide bonds. The van der Waals surface area contributed by atoms with Crippen molar-refractivity contribution in [3.05, 3.63) is 41.5 Å². The number of amides is 1. The second-order valence-electron chi connectivity index (χ2n) is 4.41. The quantitative estimate of drug-likeness (QED) is 0.872. The number of anilines is 1. The number of primary sulfonamides is 1. The summed E-state index contributed by atoms with van der Waals surface area (Å²) in [6, 6.07) is 2.84. The smallest absolute Gasteiger partial charge is 0.259 e. The van der Waals surface area contributed by atoms with Crippen LogP contribution in [0, 0.1) is 12.7 Å². The number of nitrogens with one attached hydrogen (secondary N) is 1. The Morgan fingerprint density at radius 1 is 1.43 bits per heavy atom. The Balaban J connectivity index is 2.42. The van der Waals surface area contributed by atoms with Gasteiger partial charge in [-0.05, 0) is 25.1 Å². The number of hydrogen-bond acceptors (Lipinski definition) is 4. The van der Waals surface area contributed by atoms with Crippen LogP contribution < -0.4 is 10.5 Å². The lowest BCUT2D eigenvalue weighted by molar-refractivity contribution is 0.102. The highest BCUT2D eigenvalue weighted by atomic mass is 32.2. The molecule has 0 radical (unpaired) electrons. The molecular weight excluding hydrogens is 299 g/mol. The van der Waals surface area contributed by atoms with Crippen molar-refractivity contribution < 1.29 is 17.6 Å². The Bertz CT molecular complexity index is 814. The standard InChI is InChI=1S/C12H13FN4O3S/c1-7-9(6-15-17(7)2)12(18)16-10-5-8(13)3-4-11(10)21(14,19)20/h3-6H,1-2H3,(H,16,18)(H2,14,19,20). The van der Waals surface area contributed by atoms with Crippen LogP contribution in [0.1, 0.15) is 16.1 Å². The van der Waals surface area contributed by atoms with Crippen molar-refractivity contribution in [3.8, 4) is 0 Å². The third-order valence-corrected chi connectivity index (χ3v) is 3.95. The number of carbonyl (C=O) groups is 1. The summed E-state index contributed by atoms with van der Waals surface area (Å²) in [5, 5.41) is 11.3. The van der Waals surface area contributed by atoms with E-state index < -0.39 is 21.7 Å². The fourth-order valence-electron chi connectivity index (χ4n) is 1.76. The van der Waals surface area contributed by atoms with E-state index in [0.29, 0.717) is 5.69 Å². The number of benzene rings is 1. The van der Waals surface area contributed by atoms with Crippen LogP contribution in [0.25, 0.3) is 0 Å². The van der Waals surface area contributed by atoms with Gasteiger partial charge in [-0.25, -0.2) is 17.9 Å². The van der Waals surface area contributed by atoms with Gasteiger partial charge < -0.3 is 5.32 Å². The molecule has 0 aliphatic heterocycles. The van der Waals surface area contributed by atoms with Crippen molar-refractivity contribution in [2.24, 2.45) is 12.2 Å². The van der Waals surface area contributed by atoms with Gasteiger partial charge in [-0.3, -0.25) is 9.48 Å². The van der Waals surface area contributed by atoms with Crippen LogP contribution >= 0.6 is 0 Å². The van der Waals surface area contributed by atoms with Gasteiger partial charge in [0, 0.05) is 12.7 Å².